The third-order valence-electron chi connectivity index (χ3n) is 11.2. The summed E-state index contributed by atoms with van der Waals surface area (Å²) in [5.74, 6) is 0. The zero-order valence-corrected chi connectivity index (χ0v) is 30.6. The van der Waals surface area contributed by atoms with E-state index in [0.717, 1.165) is 44.6 Å². The van der Waals surface area contributed by atoms with Crippen LogP contribution in [0.2, 0.25) is 0 Å². The number of nitrogens with zero attached hydrogens (tertiary/aromatic N) is 1. The van der Waals surface area contributed by atoms with Crippen molar-refractivity contribution in [1.29, 1.82) is 0 Å². The minimum absolute atomic E-state index is 0.900. The van der Waals surface area contributed by atoms with Crippen LogP contribution in [0.1, 0.15) is 0 Å². The van der Waals surface area contributed by atoms with Gasteiger partial charge in [0.25, 0.3) is 0 Å². The molecule has 262 valence electrons. The van der Waals surface area contributed by atoms with Crippen LogP contribution >= 0.6 is 0 Å². The van der Waals surface area contributed by atoms with Crippen LogP contribution in [0.5, 0.6) is 0 Å². The van der Waals surface area contributed by atoms with E-state index < -0.39 is 0 Å². The van der Waals surface area contributed by atoms with E-state index in [1.165, 1.54) is 60.1 Å². The maximum Gasteiger partial charge on any atom is 0.136 e. The largest absolute Gasteiger partial charge is 0.456 e. The van der Waals surface area contributed by atoms with Crippen LogP contribution in [0.4, 0.5) is 17.1 Å². The highest BCUT2D eigenvalue weighted by atomic mass is 16.3. The molecule has 0 unspecified atom stereocenters. The Morgan fingerprint density at radius 3 is 1.55 bits per heavy atom. The first-order valence-corrected chi connectivity index (χ1v) is 19.2. The van der Waals surface area contributed by atoms with Crippen molar-refractivity contribution in [3.8, 4) is 33.4 Å². The van der Waals surface area contributed by atoms with Gasteiger partial charge >= 0.3 is 0 Å². The van der Waals surface area contributed by atoms with Crippen molar-refractivity contribution in [1.82, 2.24) is 0 Å². The maximum atomic E-state index is 6.37. The predicted molar refractivity (Wildman–Crippen MR) is 237 cm³/mol. The van der Waals surface area contributed by atoms with Crippen molar-refractivity contribution in [2.75, 3.05) is 4.90 Å². The summed E-state index contributed by atoms with van der Waals surface area (Å²) in [6, 6.07) is 76.6. The van der Waals surface area contributed by atoms with Gasteiger partial charge in [-0.2, -0.15) is 0 Å². The molecule has 0 bridgehead atoms. The molecule has 2 heteroatoms. The van der Waals surface area contributed by atoms with Crippen LogP contribution in [-0.4, -0.2) is 0 Å². The molecule has 1 aromatic heterocycles. The molecule has 11 rings (SSSR count). The van der Waals surface area contributed by atoms with Crippen molar-refractivity contribution in [3.05, 3.63) is 212 Å². The molecule has 0 N–H and O–H groups in total. The third-order valence-corrected chi connectivity index (χ3v) is 11.2. The van der Waals surface area contributed by atoms with E-state index in [1.54, 1.807) is 0 Å². The molecule has 0 saturated carbocycles. The fraction of sp³-hybridized carbons (Fsp3) is 0. The molecule has 1 heterocycles. The van der Waals surface area contributed by atoms with Crippen molar-refractivity contribution in [2.45, 2.75) is 0 Å². The molecule has 0 atom stereocenters. The summed E-state index contributed by atoms with van der Waals surface area (Å²) in [6.45, 7) is 0. The van der Waals surface area contributed by atoms with E-state index in [1.807, 2.05) is 0 Å². The Labute approximate surface area is 325 Å². The number of fused-ring (bicyclic) bond motifs is 6. The third kappa shape index (κ3) is 5.51. The normalized spacial score (nSPS) is 11.6. The van der Waals surface area contributed by atoms with Crippen molar-refractivity contribution in [3.63, 3.8) is 0 Å². The van der Waals surface area contributed by atoms with Gasteiger partial charge in [-0.05, 0) is 121 Å². The van der Waals surface area contributed by atoms with Crippen LogP contribution in [0.25, 0.3) is 87.6 Å². The minimum atomic E-state index is 0.900. The zero-order valence-electron chi connectivity index (χ0n) is 30.6. The lowest BCUT2D eigenvalue weighted by Crippen LogP contribution is -2.10. The summed E-state index contributed by atoms with van der Waals surface area (Å²) >= 11 is 0. The molecule has 0 saturated heterocycles. The van der Waals surface area contributed by atoms with Gasteiger partial charge < -0.3 is 9.32 Å². The lowest BCUT2D eigenvalue weighted by molar-refractivity contribution is 0.669. The average Bonchev–Trinajstić information content (AvgIpc) is 3.63. The van der Waals surface area contributed by atoms with E-state index in [4.69, 9.17) is 4.42 Å². The molecule has 11 aromatic rings. The van der Waals surface area contributed by atoms with Crippen LogP contribution in [0.3, 0.4) is 0 Å². The van der Waals surface area contributed by atoms with Crippen molar-refractivity contribution >= 4 is 71.3 Å². The van der Waals surface area contributed by atoms with Gasteiger partial charge in [-0.3, -0.25) is 0 Å². The Kier molecular flexibility index (Phi) is 7.53. The summed E-state index contributed by atoms with van der Waals surface area (Å²) in [5, 5.41) is 9.53. The number of anilines is 3. The highest BCUT2D eigenvalue weighted by molar-refractivity contribution is 6.12. The number of hydrogen-bond acceptors (Lipinski definition) is 2. The molecule has 56 heavy (non-hydrogen) atoms. The molecule has 0 fully saturated rings. The molecule has 10 aromatic carbocycles. The smallest absolute Gasteiger partial charge is 0.136 e. The average molecular weight is 714 g/mol. The van der Waals surface area contributed by atoms with Gasteiger partial charge in [0.1, 0.15) is 11.2 Å². The van der Waals surface area contributed by atoms with Gasteiger partial charge in [0.2, 0.25) is 0 Å². The van der Waals surface area contributed by atoms with E-state index in [9.17, 15) is 0 Å². The zero-order chi connectivity index (χ0) is 37.0. The maximum absolute atomic E-state index is 6.37. The van der Waals surface area contributed by atoms with Gasteiger partial charge in [-0.25, -0.2) is 0 Å². The number of furan rings is 1. The van der Waals surface area contributed by atoms with Gasteiger partial charge in [-0.15, -0.1) is 0 Å². The standard InChI is InChI=1S/C54H35NO/c1-2-10-36(11-3-1)38-20-25-45(26-21-38)55(46-27-22-39(23-28-46)43-19-18-37-12-4-5-13-40(37)32-43)52-30-29-47(48-16-8-9-17-49(48)52)44-24-31-53-50(34-44)51-33-41-14-6-7-15-42(41)35-54(51)56-53/h1-35H. The van der Waals surface area contributed by atoms with Crippen molar-refractivity contribution < 1.29 is 4.42 Å². The van der Waals surface area contributed by atoms with E-state index in [-0.39, 0.29) is 0 Å². The van der Waals surface area contributed by atoms with Crippen LogP contribution < -0.4 is 4.90 Å². The Morgan fingerprint density at radius 1 is 0.286 bits per heavy atom. The summed E-state index contributed by atoms with van der Waals surface area (Å²) in [5.41, 5.74) is 12.3. The summed E-state index contributed by atoms with van der Waals surface area (Å²) < 4.78 is 6.37. The van der Waals surface area contributed by atoms with Gasteiger partial charge in [0.15, 0.2) is 0 Å². The van der Waals surface area contributed by atoms with Crippen LogP contribution in [0, 0.1) is 0 Å². The predicted octanol–water partition coefficient (Wildman–Crippen LogP) is 15.5. The lowest BCUT2D eigenvalue weighted by atomic mass is 9.95. The van der Waals surface area contributed by atoms with E-state index in [0.29, 0.717) is 0 Å². The summed E-state index contributed by atoms with van der Waals surface area (Å²) in [7, 11) is 0. The van der Waals surface area contributed by atoms with Gasteiger partial charge in [0.05, 0.1) is 5.69 Å². The first kappa shape index (κ1) is 32.0. The molecular weight excluding hydrogens is 679 g/mol. The fourth-order valence-electron chi connectivity index (χ4n) is 8.39. The molecule has 0 aliphatic heterocycles. The van der Waals surface area contributed by atoms with Crippen LogP contribution in [-0.2, 0) is 0 Å². The topological polar surface area (TPSA) is 16.4 Å². The number of rotatable bonds is 6. The SMILES string of the molecule is c1ccc(-c2ccc(N(c3ccc(-c4ccc5ccccc5c4)cc3)c3ccc(-c4ccc5oc6cc7ccccc7cc6c5c4)c4ccccc34)cc2)cc1. The second-order valence-corrected chi connectivity index (χ2v) is 14.5. The second-order valence-electron chi connectivity index (χ2n) is 14.5. The molecular formula is C54H35NO. The number of benzene rings is 10. The molecule has 2 nitrogen and oxygen atoms in total. The highest BCUT2D eigenvalue weighted by Crippen LogP contribution is 2.44. The summed E-state index contributed by atoms with van der Waals surface area (Å²) in [4.78, 5) is 2.39. The van der Waals surface area contributed by atoms with Gasteiger partial charge in [-0.1, -0.05) is 152 Å². The lowest BCUT2D eigenvalue weighted by Gasteiger charge is -2.28. The van der Waals surface area contributed by atoms with Crippen molar-refractivity contribution in [2.24, 2.45) is 0 Å². The first-order chi connectivity index (χ1) is 27.7. The monoisotopic (exact) mass is 713 g/mol. The minimum Gasteiger partial charge on any atom is -0.456 e. The molecule has 0 aliphatic rings. The Hall–Kier alpha value is -7.42. The van der Waals surface area contributed by atoms with Crippen LogP contribution in [0.15, 0.2) is 217 Å². The number of hydrogen-bond donors (Lipinski definition) is 0. The fourth-order valence-corrected chi connectivity index (χ4v) is 8.39. The molecule has 0 aliphatic carbocycles. The highest BCUT2D eigenvalue weighted by Gasteiger charge is 2.19. The van der Waals surface area contributed by atoms with E-state index >= 15 is 0 Å². The Bertz CT molecular complexity index is 3230. The molecule has 0 amide bonds. The molecule has 0 spiro atoms. The summed E-state index contributed by atoms with van der Waals surface area (Å²) in [6.07, 6.45) is 0. The van der Waals surface area contributed by atoms with Gasteiger partial charge in [0, 0.05) is 27.5 Å². The Morgan fingerprint density at radius 2 is 0.821 bits per heavy atom. The van der Waals surface area contributed by atoms with E-state index in [2.05, 4.69) is 217 Å². The second kappa shape index (κ2) is 13.2. The molecule has 0 radical (unpaired) electrons. The Balaban J connectivity index is 1.05. The first-order valence-electron chi connectivity index (χ1n) is 19.2. The quantitative estimate of drug-likeness (QED) is 0.171.